The smallest absolute Gasteiger partial charge is 0.336 e. The fourth-order valence-electron chi connectivity index (χ4n) is 2.48. The first kappa shape index (κ1) is 11.7. The van der Waals surface area contributed by atoms with E-state index >= 15 is 0 Å². The maximum Gasteiger partial charge on any atom is 0.336 e. The third-order valence-corrected chi connectivity index (χ3v) is 3.41. The lowest BCUT2D eigenvalue weighted by Crippen LogP contribution is -2.07. The molecule has 0 radical (unpaired) electrons. The molecule has 0 amide bonds. The normalized spacial score (nSPS) is 11.0. The molecule has 0 fully saturated rings. The van der Waals surface area contributed by atoms with Crippen molar-refractivity contribution in [2.24, 2.45) is 5.73 Å². The second-order valence-corrected chi connectivity index (χ2v) is 4.53. The van der Waals surface area contributed by atoms with E-state index in [0.29, 0.717) is 11.1 Å². The molecule has 0 spiro atoms. The third kappa shape index (κ3) is 1.84. The minimum absolute atomic E-state index is 0.227. The molecule has 0 bridgehead atoms. The van der Waals surface area contributed by atoms with Crippen LogP contribution in [0.5, 0.6) is 0 Å². The molecule has 94 valence electrons. The first-order valence-corrected chi connectivity index (χ1v) is 6.08. The summed E-state index contributed by atoms with van der Waals surface area (Å²) in [6.45, 7) is 0.227. The Morgan fingerprint density at radius 2 is 1.68 bits per heavy atom. The number of aromatic carboxylic acids is 1. The van der Waals surface area contributed by atoms with Gasteiger partial charge in [-0.2, -0.15) is 0 Å². The Hall–Kier alpha value is -2.39. The predicted molar refractivity (Wildman–Crippen MR) is 76.3 cm³/mol. The van der Waals surface area contributed by atoms with Crippen LogP contribution >= 0.6 is 0 Å². The van der Waals surface area contributed by atoms with E-state index in [0.717, 1.165) is 21.5 Å². The summed E-state index contributed by atoms with van der Waals surface area (Å²) in [5.41, 5.74) is 6.60. The fourth-order valence-corrected chi connectivity index (χ4v) is 2.48. The summed E-state index contributed by atoms with van der Waals surface area (Å²) in [4.78, 5) is 11.5. The summed E-state index contributed by atoms with van der Waals surface area (Å²) in [7, 11) is 0. The molecule has 3 rings (SSSR count). The summed E-state index contributed by atoms with van der Waals surface area (Å²) >= 11 is 0. The molecular weight excluding hydrogens is 238 g/mol. The summed E-state index contributed by atoms with van der Waals surface area (Å²) < 4.78 is 0. The van der Waals surface area contributed by atoms with Gasteiger partial charge in [0.15, 0.2) is 0 Å². The van der Waals surface area contributed by atoms with E-state index in [1.165, 1.54) is 0 Å². The van der Waals surface area contributed by atoms with E-state index in [1.54, 1.807) is 6.07 Å². The van der Waals surface area contributed by atoms with Crippen molar-refractivity contribution in [1.82, 2.24) is 0 Å². The molecule has 3 aromatic carbocycles. The average Bonchev–Trinajstić information content (AvgIpc) is 2.43. The topological polar surface area (TPSA) is 63.3 Å². The lowest BCUT2D eigenvalue weighted by molar-refractivity contribution is 0.0698. The number of rotatable bonds is 2. The number of fused-ring (bicyclic) bond motifs is 2. The van der Waals surface area contributed by atoms with Crippen molar-refractivity contribution in [3.8, 4) is 0 Å². The SMILES string of the molecule is NCc1ccc2cc3ccccc3cc2c1C(=O)O. The van der Waals surface area contributed by atoms with Crippen LogP contribution in [0.2, 0.25) is 0 Å². The Morgan fingerprint density at radius 1 is 1.00 bits per heavy atom. The largest absolute Gasteiger partial charge is 0.478 e. The molecule has 0 unspecified atom stereocenters. The van der Waals surface area contributed by atoms with Crippen LogP contribution in [0.1, 0.15) is 15.9 Å². The van der Waals surface area contributed by atoms with Crippen LogP contribution in [0.3, 0.4) is 0 Å². The number of carboxylic acid groups (broad SMARTS) is 1. The van der Waals surface area contributed by atoms with Gasteiger partial charge in [-0.3, -0.25) is 0 Å². The molecule has 0 heterocycles. The second-order valence-electron chi connectivity index (χ2n) is 4.53. The van der Waals surface area contributed by atoms with Gasteiger partial charge in [-0.15, -0.1) is 0 Å². The Morgan fingerprint density at radius 3 is 2.32 bits per heavy atom. The molecule has 0 saturated heterocycles. The van der Waals surface area contributed by atoms with Gasteiger partial charge in [0.25, 0.3) is 0 Å². The summed E-state index contributed by atoms with van der Waals surface area (Å²) in [5, 5.41) is 13.2. The second kappa shape index (κ2) is 4.37. The van der Waals surface area contributed by atoms with Crippen molar-refractivity contribution in [2.45, 2.75) is 6.54 Å². The standard InChI is InChI=1S/C16H13NO2/c17-9-13-6-5-12-7-10-3-1-2-4-11(10)8-14(12)15(13)16(18)19/h1-8H,9,17H2,(H,18,19). The summed E-state index contributed by atoms with van der Waals surface area (Å²) in [6, 6.07) is 15.6. The van der Waals surface area contributed by atoms with Gasteiger partial charge < -0.3 is 10.8 Å². The van der Waals surface area contributed by atoms with Gasteiger partial charge in [0.05, 0.1) is 5.56 Å². The Labute approximate surface area is 110 Å². The van der Waals surface area contributed by atoms with Gasteiger partial charge in [0, 0.05) is 6.54 Å². The molecule has 0 atom stereocenters. The lowest BCUT2D eigenvalue weighted by Gasteiger charge is -2.09. The average molecular weight is 251 g/mol. The number of nitrogens with two attached hydrogens (primary N) is 1. The van der Waals surface area contributed by atoms with Crippen LogP contribution in [0, 0.1) is 0 Å². The van der Waals surface area contributed by atoms with Crippen LogP contribution < -0.4 is 5.73 Å². The van der Waals surface area contributed by atoms with Crippen LogP contribution in [-0.4, -0.2) is 11.1 Å². The van der Waals surface area contributed by atoms with E-state index < -0.39 is 5.97 Å². The van der Waals surface area contributed by atoms with Crippen LogP contribution in [-0.2, 0) is 6.54 Å². The van der Waals surface area contributed by atoms with Gasteiger partial charge in [-0.1, -0.05) is 36.4 Å². The monoisotopic (exact) mass is 251 g/mol. The van der Waals surface area contributed by atoms with Gasteiger partial charge in [0.2, 0.25) is 0 Å². The van der Waals surface area contributed by atoms with E-state index in [-0.39, 0.29) is 6.54 Å². The van der Waals surface area contributed by atoms with Crippen molar-refractivity contribution in [3.63, 3.8) is 0 Å². The van der Waals surface area contributed by atoms with Crippen molar-refractivity contribution >= 4 is 27.5 Å². The lowest BCUT2D eigenvalue weighted by atomic mass is 9.96. The molecule has 0 aromatic heterocycles. The van der Waals surface area contributed by atoms with E-state index in [4.69, 9.17) is 5.73 Å². The van der Waals surface area contributed by atoms with Gasteiger partial charge in [-0.25, -0.2) is 4.79 Å². The summed E-state index contributed by atoms with van der Waals surface area (Å²) in [6.07, 6.45) is 0. The van der Waals surface area contributed by atoms with Crippen LogP contribution in [0.25, 0.3) is 21.5 Å². The minimum atomic E-state index is -0.929. The van der Waals surface area contributed by atoms with Gasteiger partial charge >= 0.3 is 5.97 Å². The zero-order valence-corrected chi connectivity index (χ0v) is 10.3. The number of benzene rings is 3. The Balaban J connectivity index is 2.47. The first-order chi connectivity index (χ1) is 9.20. The molecule has 0 saturated carbocycles. The molecule has 0 aliphatic carbocycles. The summed E-state index contributed by atoms with van der Waals surface area (Å²) in [5.74, 6) is -0.929. The third-order valence-electron chi connectivity index (χ3n) is 3.41. The molecule has 3 aromatic rings. The molecule has 0 aliphatic rings. The highest BCUT2D eigenvalue weighted by Gasteiger charge is 2.14. The zero-order valence-electron chi connectivity index (χ0n) is 10.3. The molecule has 3 nitrogen and oxygen atoms in total. The van der Waals surface area contributed by atoms with Crippen molar-refractivity contribution < 1.29 is 9.90 Å². The minimum Gasteiger partial charge on any atom is -0.478 e. The van der Waals surface area contributed by atoms with Crippen LogP contribution in [0.15, 0.2) is 48.5 Å². The first-order valence-electron chi connectivity index (χ1n) is 6.08. The van der Waals surface area contributed by atoms with Crippen molar-refractivity contribution in [2.75, 3.05) is 0 Å². The number of carboxylic acids is 1. The highest BCUT2D eigenvalue weighted by molar-refractivity contribution is 6.09. The number of carbonyl (C=O) groups is 1. The maximum atomic E-state index is 11.5. The van der Waals surface area contributed by atoms with Crippen molar-refractivity contribution in [3.05, 3.63) is 59.7 Å². The van der Waals surface area contributed by atoms with E-state index in [2.05, 4.69) is 0 Å². The number of hydrogen-bond acceptors (Lipinski definition) is 2. The molecular formula is C16H13NO2. The molecule has 19 heavy (non-hydrogen) atoms. The quantitative estimate of drug-likeness (QED) is 0.688. The van der Waals surface area contributed by atoms with E-state index in [9.17, 15) is 9.90 Å². The van der Waals surface area contributed by atoms with E-state index in [1.807, 2.05) is 42.5 Å². The maximum absolute atomic E-state index is 11.5. The zero-order chi connectivity index (χ0) is 13.4. The van der Waals surface area contributed by atoms with Gasteiger partial charge in [-0.05, 0) is 39.2 Å². The molecule has 0 aliphatic heterocycles. The highest BCUT2D eigenvalue weighted by atomic mass is 16.4. The highest BCUT2D eigenvalue weighted by Crippen LogP contribution is 2.27. The molecule has 3 N–H and O–H groups in total. The van der Waals surface area contributed by atoms with Gasteiger partial charge in [0.1, 0.15) is 0 Å². The predicted octanol–water partition coefficient (Wildman–Crippen LogP) is 3.15. The van der Waals surface area contributed by atoms with Crippen LogP contribution in [0.4, 0.5) is 0 Å². The number of hydrogen-bond donors (Lipinski definition) is 2. The van der Waals surface area contributed by atoms with Crippen molar-refractivity contribution in [1.29, 1.82) is 0 Å². The Bertz CT molecular complexity index is 793. The fraction of sp³-hybridized carbons (Fsp3) is 0.0625. The Kier molecular flexibility index (Phi) is 2.69. The molecule has 3 heteroatoms.